The fourth-order valence-electron chi connectivity index (χ4n) is 2.80. The molecule has 0 atom stereocenters. The lowest BCUT2D eigenvalue weighted by Crippen LogP contribution is -2.24. The van der Waals surface area contributed by atoms with Gasteiger partial charge in [-0.1, -0.05) is 17.7 Å². The topological polar surface area (TPSA) is 89.9 Å². The molecule has 134 valence electrons. The lowest BCUT2D eigenvalue weighted by Gasteiger charge is -2.25. The van der Waals surface area contributed by atoms with Gasteiger partial charge in [-0.15, -0.1) is 0 Å². The van der Waals surface area contributed by atoms with E-state index in [0.29, 0.717) is 25.4 Å². The van der Waals surface area contributed by atoms with E-state index in [1.54, 1.807) is 12.1 Å². The van der Waals surface area contributed by atoms with E-state index in [2.05, 4.69) is 0 Å². The van der Waals surface area contributed by atoms with Gasteiger partial charge in [0.1, 0.15) is 0 Å². The number of hydrogen-bond donors (Lipinski definition) is 1. The monoisotopic (exact) mass is 356 g/mol. The smallest absolute Gasteiger partial charge is 0.306 e. The van der Waals surface area contributed by atoms with E-state index in [1.807, 2.05) is 6.92 Å². The predicted octanol–water partition coefficient (Wildman–Crippen LogP) is 2.61. The third-order valence-corrected chi connectivity index (χ3v) is 5.65. The highest BCUT2D eigenvalue weighted by atomic mass is 32.2. The van der Waals surface area contributed by atoms with E-state index < -0.39 is 16.1 Å². The highest BCUT2D eigenvalue weighted by Gasteiger charge is 2.25. The van der Waals surface area contributed by atoms with Gasteiger partial charge in [-0.2, -0.15) is 8.42 Å². The number of aryl methyl sites for hydroxylation is 1. The second-order valence-electron chi connectivity index (χ2n) is 6.22. The summed E-state index contributed by atoms with van der Waals surface area (Å²) in [5, 5.41) is 8.95. The van der Waals surface area contributed by atoms with Gasteiger partial charge >= 0.3 is 5.97 Å². The highest BCUT2D eigenvalue weighted by molar-refractivity contribution is 7.86. The first-order valence-electron chi connectivity index (χ1n) is 8.15. The average Bonchev–Trinajstić information content (AvgIpc) is 2.55. The Hall–Kier alpha value is -1.44. The molecule has 0 bridgehead atoms. The van der Waals surface area contributed by atoms with Crippen molar-refractivity contribution < 1.29 is 27.2 Å². The SMILES string of the molecule is Cc1ccc(S(=O)(=O)OCCOCC2CCC(C(=O)O)CC2)cc1. The predicted molar refractivity (Wildman–Crippen MR) is 88.2 cm³/mol. The third kappa shape index (κ3) is 5.58. The Balaban J connectivity index is 1.65. The summed E-state index contributed by atoms with van der Waals surface area (Å²) in [5.74, 6) is -0.609. The van der Waals surface area contributed by atoms with Crippen LogP contribution in [0.2, 0.25) is 0 Å². The third-order valence-electron chi connectivity index (χ3n) is 4.33. The molecule has 1 saturated carbocycles. The molecular formula is C17H24O6S. The zero-order valence-corrected chi connectivity index (χ0v) is 14.6. The molecular weight excluding hydrogens is 332 g/mol. The van der Waals surface area contributed by atoms with Crippen LogP contribution in [0.5, 0.6) is 0 Å². The average molecular weight is 356 g/mol. The fraction of sp³-hybridized carbons (Fsp3) is 0.588. The summed E-state index contributed by atoms with van der Waals surface area (Å²) in [7, 11) is -3.74. The quantitative estimate of drug-likeness (QED) is 0.569. The van der Waals surface area contributed by atoms with Crippen LogP contribution in [0.15, 0.2) is 29.2 Å². The number of ether oxygens (including phenoxy) is 1. The summed E-state index contributed by atoms with van der Waals surface area (Å²) < 4.78 is 34.4. The Labute approximate surface area is 142 Å². The van der Waals surface area contributed by atoms with Gasteiger partial charge in [-0.25, -0.2) is 0 Å². The van der Waals surface area contributed by atoms with E-state index in [1.165, 1.54) is 12.1 Å². The van der Waals surface area contributed by atoms with Gasteiger partial charge in [-0.3, -0.25) is 8.98 Å². The van der Waals surface area contributed by atoms with Crippen molar-refractivity contribution >= 4 is 16.1 Å². The van der Waals surface area contributed by atoms with E-state index in [4.69, 9.17) is 14.0 Å². The molecule has 1 N–H and O–H groups in total. The lowest BCUT2D eigenvalue weighted by atomic mass is 9.82. The molecule has 7 heteroatoms. The van der Waals surface area contributed by atoms with Crippen LogP contribution in [0, 0.1) is 18.8 Å². The zero-order valence-electron chi connectivity index (χ0n) is 13.8. The van der Waals surface area contributed by atoms with Crippen molar-refractivity contribution in [3.63, 3.8) is 0 Å². The van der Waals surface area contributed by atoms with Crippen LogP contribution in [0.4, 0.5) is 0 Å². The molecule has 0 amide bonds. The molecule has 0 radical (unpaired) electrons. The number of benzene rings is 1. The van der Waals surface area contributed by atoms with Crippen LogP contribution in [0.3, 0.4) is 0 Å². The van der Waals surface area contributed by atoms with Gasteiger partial charge in [-0.05, 0) is 50.7 Å². The van der Waals surface area contributed by atoms with Crippen LogP contribution >= 0.6 is 0 Å². The molecule has 6 nitrogen and oxygen atoms in total. The van der Waals surface area contributed by atoms with Gasteiger partial charge in [0.05, 0.1) is 24.0 Å². The Morgan fingerprint density at radius 2 is 1.75 bits per heavy atom. The van der Waals surface area contributed by atoms with Crippen LogP contribution in [0.25, 0.3) is 0 Å². The summed E-state index contributed by atoms with van der Waals surface area (Å²) in [5.41, 5.74) is 0.981. The lowest BCUT2D eigenvalue weighted by molar-refractivity contribution is -0.143. The Morgan fingerprint density at radius 3 is 2.33 bits per heavy atom. The van der Waals surface area contributed by atoms with E-state index in [0.717, 1.165) is 18.4 Å². The first kappa shape index (κ1) is 18.9. The summed E-state index contributed by atoms with van der Waals surface area (Å²) in [6.07, 6.45) is 3.03. The minimum atomic E-state index is -3.74. The summed E-state index contributed by atoms with van der Waals surface area (Å²) in [4.78, 5) is 11.0. The Kier molecular flexibility index (Phi) is 6.77. The molecule has 0 aliphatic heterocycles. The van der Waals surface area contributed by atoms with Crippen LogP contribution < -0.4 is 0 Å². The zero-order chi connectivity index (χ0) is 17.6. The van der Waals surface area contributed by atoms with E-state index in [9.17, 15) is 13.2 Å². The van der Waals surface area contributed by atoms with Gasteiger partial charge in [0.2, 0.25) is 0 Å². The van der Waals surface area contributed by atoms with Crippen LogP contribution in [0.1, 0.15) is 31.2 Å². The molecule has 2 rings (SSSR count). The summed E-state index contributed by atoms with van der Waals surface area (Å²) in [6, 6.07) is 6.49. The van der Waals surface area contributed by atoms with Crippen molar-refractivity contribution in [2.45, 2.75) is 37.5 Å². The largest absolute Gasteiger partial charge is 0.481 e. The second kappa shape index (κ2) is 8.60. The fourth-order valence-corrected chi connectivity index (χ4v) is 3.69. The van der Waals surface area contributed by atoms with Crippen molar-refractivity contribution in [2.24, 2.45) is 11.8 Å². The summed E-state index contributed by atoms with van der Waals surface area (Å²) >= 11 is 0. The number of hydrogen-bond acceptors (Lipinski definition) is 5. The maximum absolute atomic E-state index is 12.0. The number of aliphatic carboxylic acids is 1. The first-order valence-corrected chi connectivity index (χ1v) is 9.56. The minimum Gasteiger partial charge on any atom is -0.481 e. The van der Waals surface area contributed by atoms with Crippen LogP contribution in [-0.4, -0.2) is 39.3 Å². The molecule has 1 aromatic carbocycles. The van der Waals surface area contributed by atoms with E-state index in [-0.39, 0.29) is 24.0 Å². The molecule has 0 heterocycles. The Bertz CT molecular complexity index is 630. The number of carboxylic acids is 1. The maximum Gasteiger partial charge on any atom is 0.306 e. The molecule has 1 aliphatic rings. The number of rotatable bonds is 8. The van der Waals surface area contributed by atoms with Crippen molar-refractivity contribution in [2.75, 3.05) is 19.8 Å². The van der Waals surface area contributed by atoms with Gasteiger partial charge in [0.25, 0.3) is 10.1 Å². The molecule has 1 aromatic rings. The molecule has 1 fully saturated rings. The van der Waals surface area contributed by atoms with Gasteiger partial charge < -0.3 is 9.84 Å². The number of carbonyl (C=O) groups is 1. The molecule has 0 spiro atoms. The maximum atomic E-state index is 12.0. The van der Waals surface area contributed by atoms with Crippen molar-refractivity contribution in [1.29, 1.82) is 0 Å². The molecule has 1 aliphatic carbocycles. The Morgan fingerprint density at radius 1 is 1.12 bits per heavy atom. The van der Waals surface area contributed by atoms with Gasteiger partial charge in [0, 0.05) is 6.61 Å². The summed E-state index contributed by atoms with van der Waals surface area (Å²) in [6.45, 7) is 2.57. The normalized spacial score (nSPS) is 21.5. The molecule has 0 saturated heterocycles. The highest BCUT2D eigenvalue weighted by Crippen LogP contribution is 2.29. The minimum absolute atomic E-state index is 0.0271. The molecule has 0 unspecified atom stereocenters. The van der Waals surface area contributed by atoms with Crippen molar-refractivity contribution in [3.05, 3.63) is 29.8 Å². The molecule has 0 aromatic heterocycles. The second-order valence-corrected chi connectivity index (χ2v) is 7.84. The van der Waals surface area contributed by atoms with Crippen molar-refractivity contribution in [1.82, 2.24) is 0 Å². The molecule has 24 heavy (non-hydrogen) atoms. The first-order chi connectivity index (χ1) is 11.4. The van der Waals surface area contributed by atoms with Gasteiger partial charge in [0.15, 0.2) is 0 Å². The van der Waals surface area contributed by atoms with Crippen molar-refractivity contribution in [3.8, 4) is 0 Å². The number of carboxylic acid groups (broad SMARTS) is 1. The van der Waals surface area contributed by atoms with E-state index >= 15 is 0 Å². The van der Waals surface area contributed by atoms with Crippen LogP contribution in [-0.2, 0) is 23.8 Å². The standard InChI is InChI=1S/C17H24O6S/c1-13-2-8-16(9-3-13)24(20,21)23-11-10-22-12-14-4-6-15(7-5-14)17(18)19/h2-3,8-9,14-15H,4-7,10-12H2,1H3,(H,18,19).